The fraction of sp³-hybridized carbons (Fsp3) is 0.429. The standard InChI is InChI=1S/C14H18ClFN2O3/c1-9(2-3-13(19)20)4-5-17-14(21)18-12-7-10(15)6-11(16)8-12/h6-9H,2-5H2,1H3,(H,19,20)(H2,17,18,21). The summed E-state index contributed by atoms with van der Waals surface area (Å²) in [5, 5.41) is 13.9. The molecule has 1 aromatic carbocycles. The molecule has 0 aliphatic rings. The Morgan fingerprint density at radius 2 is 2.05 bits per heavy atom. The fourth-order valence-corrected chi connectivity index (χ4v) is 1.97. The second-order valence-corrected chi connectivity index (χ2v) is 5.30. The summed E-state index contributed by atoms with van der Waals surface area (Å²) in [6.07, 6.45) is 1.36. The largest absolute Gasteiger partial charge is 0.481 e. The third kappa shape index (κ3) is 7.51. The number of benzene rings is 1. The van der Waals surface area contributed by atoms with Gasteiger partial charge in [0.15, 0.2) is 0 Å². The van der Waals surface area contributed by atoms with Gasteiger partial charge in [0.2, 0.25) is 0 Å². The number of carbonyl (C=O) groups is 2. The van der Waals surface area contributed by atoms with Gasteiger partial charge in [-0.3, -0.25) is 4.79 Å². The topological polar surface area (TPSA) is 78.4 Å². The normalized spacial score (nSPS) is 11.8. The second-order valence-electron chi connectivity index (χ2n) is 4.87. The molecule has 2 amide bonds. The molecule has 0 saturated carbocycles. The number of halogens is 2. The predicted molar refractivity (Wildman–Crippen MR) is 79.1 cm³/mol. The number of anilines is 1. The SMILES string of the molecule is CC(CCNC(=O)Nc1cc(F)cc(Cl)c1)CCC(=O)O. The van der Waals surface area contributed by atoms with Crippen molar-refractivity contribution in [3.05, 3.63) is 29.0 Å². The Balaban J connectivity index is 2.29. The Kier molecular flexibility index (Phi) is 6.94. The maximum Gasteiger partial charge on any atom is 0.319 e. The van der Waals surface area contributed by atoms with Crippen LogP contribution in [0.3, 0.4) is 0 Å². The van der Waals surface area contributed by atoms with Gasteiger partial charge in [0.25, 0.3) is 0 Å². The van der Waals surface area contributed by atoms with E-state index < -0.39 is 17.8 Å². The number of aliphatic carboxylic acids is 1. The number of carbonyl (C=O) groups excluding carboxylic acids is 1. The van der Waals surface area contributed by atoms with Gasteiger partial charge in [0.1, 0.15) is 5.82 Å². The second kappa shape index (κ2) is 8.46. The number of nitrogens with one attached hydrogen (secondary N) is 2. The number of urea groups is 1. The van der Waals surface area contributed by atoms with Crippen LogP contribution in [0.15, 0.2) is 18.2 Å². The molecule has 0 saturated heterocycles. The van der Waals surface area contributed by atoms with E-state index in [-0.39, 0.29) is 23.0 Å². The minimum atomic E-state index is -0.824. The predicted octanol–water partition coefficient (Wildman–Crippen LogP) is 3.49. The van der Waals surface area contributed by atoms with Crippen molar-refractivity contribution < 1.29 is 19.1 Å². The minimum absolute atomic E-state index is 0.120. The van der Waals surface area contributed by atoms with E-state index >= 15 is 0 Å². The molecule has 0 aliphatic heterocycles. The van der Waals surface area contributed by atoms with E-state index in [4.69, 9.17) is 16.7 Å². The molecule has 5 nitrogen and oxygen atoms in total. The third-order valence-corrected chi connectivity index (χ3v) is 3.11. The summed E-state index contributed by atoms with van der Waals surface area (Å²) in [5.41, 5.74) is 0.274. The molecule has 0 heterocycles. The molecule has 0 fully saturated rings. The number of carboxylic acids is 1. The number of rotatable bonds is 7. The summed E-state index contributed by atoms with van der Waals surface area (Å²) in [7, 11) is 0. The summed E-state index contributed by atoms with van der Waals surface area (Å²) in [4.78, 5) is 22.0. The van der Waals surface area contributed by atoms with Crippen LogP contribution < -0.4 is 10.6 Å². The van der Waals surface area contributed by atoms with Gasteiger partial charge in [0.05, 0.1) is 0 Å². The van der Waals surface area contributed by atoms with Gasteiger partial charge in [-0.25, -0.2) is 9.18 Å². The average Bonchev–Trinajstić information content (AvgIpc) is 2.34. The Morgan fingerprint density at radius 1 is 1.33 bits per heavy atom. The molecule has 1 unspecified atom stereocenters. The number of carboxylic acid groups (broad SMARTS) is 1. The highest BCUT2D eigenvalue weighted by Gasteiger charge is 2.07. The third-order valence-electron chi connectivity index (χ3n) is 2.89. The van der Waals surface area contributed by atoms with Gasteiger partial charge in [-0.15, -0.1) is 0 Å². The quantitative estimate of drug-likeness (QED) is 0.720. The molecule has 7 heteroatoms. The van der Waals surface area contributed by atoms with Crippen LogP contribution in [0, 0.1) is 11.7 Å². The van der Waals surface area contributed by atoms with Crippen LogP contribution in [-0.2, 0) is 4.79 Å². The zero-order valence-corrected chi connectivity index (χ0v) is 12.4. The zero-order chi connectivity index (χ0) is 15.8. The van der Waals surface area contributed by atoms with Crippen molar-refractivity contribution in [1.82, 2.24) is 5.32 Å². The Labute approximate surface area is 127 Å². The van der Waals surface area contributed by atoms with Gasteiger partial charge in [0, 0.05) is 23.7 Å². The average molecular weight is 317 g/mol. The van der Waals surface area contributed by atoms with Crippen LogP contribution in [0.25, 0.3) is 0 Å². The van der Waals surface area contributed by atoms with E-state index in [0.717, 1.165) is 6.07 Å². The van der Waals surface area contributed by atoms with Crippen molar-refractivity contribution in [3.8, 4) is 0 Å². The molecule has 0 radical (unpaired) electrons. The zero-order valence-electron chi connectivity index (χ0n) is 11.7. The lowest BCUT2D eigenvalue weighted by Gasteiger charge is -2.11. The molecular weight excluding hydrogens is 299 g/mol. The first-order valence-corrected chi connectivity index (χ1v) is 6.97. The van der Waals surface area contributed by atoms with Crippen molar-refractivity contribution in [2.24, 2.45) is 5.92 Å². The van der Waals surface area contributed by atoms with E-state index in [0.29, 0.717) is 19.4 Å². The summed E-state index contributed by atoms with van der Waals surface area (Å²) in [6, 6.07) is 3.30. The van der Waals surface area contributed by atoms with Gasteiger partial charge in [-0.05, 0) is 37.0 Å². The molecule has 1 atom stereocenters. The van der Waals surface area contributed by atoms with Gasteiger partial charge in [-0.1, -0.05) is 18.5 Å². The van der Waals surface area contributed by atoms with Crippen molar-refractivity contribution in [1.29, 1.82) is 0 Å². The molecule has 3 N–H and O–H groups in total. The Morgan fingerprint density at radius 3 is 2.67 bits per heavy atom. The van der Waals surface area contributed by atoms with Crippen LogP contribution in [0.5, 0.6) is 0 Å². The lowest BCUT2D eigenvalue weighted by molar-refractivity contribution is -0.137. The lowest BCUT2D eigenvalue weighted by atomic mass is 10.0. The van der Waals surface area contributed by atoms with Crippen molar-refractivity contribution in [2.75, 3.05) is 11.9 Å². The van der Waals surface area contributed by atoms with Gasteiger partial charge >= 0.3 is 12.0 Å². The van der Waals surface area contributed by atoms with Crippen LogP contribution in [0.4, 0.5) is 14.9 Å². The van der Waals surface area contributed by atoms with Crippen molar-refractivity contribution in [2.45, 2.75) is 26.2 Å². The van der Waals surface area contributed by atoms with Crippen molar-refractivity contribution >= 4 is 29.3 Å². The minimum Gasteiger partial charge on any atom is -0.481 e. The molecule has 116 valence electrons. The van der Waals surface area contributed by atoms with E-state index in [9.17, 15) is 14.0 Å². The van der Waals surface area contributed by atoms with E-state index in [1.165, 1.54) is 12.1 Å². The number of hydrogen-bond donors (Lipinski definition) is 3. The number of amides is 2. The maximum absolute atomic E-state index is 13.1. The first-order chi connectivity index (χ1) is 9.86. The molecule has 0 bridgehead atoms. The summed E-state index contributed by atoms with van der Waals surface area (Å²) < 4.78 is 13.1. The molecule has 0 aromatic heterocycles. The summed E-state index contributed by atoms with van der Waals surface area (Å²) in [6.45, 7) is 2.34. The van der Waals surface area contributed by atoms with Gasteiger partial charge in [-0.2, -0.15) is 0 Å². The lowest BCUT2D eigenvalue weighted by Crippen LogP contribution is -2.30. The van der Waals surface area contributed by atoms with Crippen LogP contribution in [-0.4, -0.2) is 23.7 Å². The highest BCUT2D eigenvalue weighted by Crippen LogP contribution is 2.17. The molecular formula is C14H18ClFN2O3. The monoisotopic (exact) mass is 316 g/mol. The van der Waals surface area contributed by atoms with E-state index in [1.54, 1.807) is 0 Å². The fourth-order valence-electron chi connectivity index (χ4n) is 1.75. The molecule has 1 rings (SSSR count). The van der Waals surface area contributed by atoms with Crippen LogP contribution in [0.2, 0.25) is 5.02 Å². The van der Waals surface area contributed by atoms with Crippen LogP contribution in [0.1, 0.15) is 26.2 Å². The first-order valence-electron chi connectivity index (χ1n) is 6.59. The van der Waals surface area contributed by atoms with Crippen LogP contribution >= 0.6 is 11.6 Å². The highest BCUT2D eigenvalue weighted by atomic mass is 35.5. The van der Waals surface area contributed by atoms with Crippen molar-refractivity contribution in [3.63, 3.8) is 0 Å². The van der Waals surface area contributed by atoms with E-state index in [1.807, 2.05) is 6.92 Å². The summed E-state index contributed by atoms with van der Waals surface area (Å²) in [5.74, 6) is -1.15. The molecule has 21 heavy (non-hydrogen) atoms. The molecule has 1 aromatic rings. The Bertz CT molecular complexity index is 491. The van der Waals surface area contributed by atoms with E-state index in [2.05, 4.69) is 10.6 Å². The maximum atomic E-state index is 13.1. The summed E-state index contributed by atoms with van der Waals surface area (Å²) >= 11 is 5.68. The number of hydrogen-bond acceptors (Lipinski definition) is 2. The first kappa shape index (κ1) is 17.2. The molecule has 0 aliphatic carbocycles. The smallest absolute Gasteiger partial charge is 0.319 e. The Hall–Kier alpha value is -1.82. The highest BCUT2D eigenvalue weighted by molar-refractivity contribution is 6.30. The van der Waals surface area contributed by atoms with Gasteiger partial charge < -0.3 is 15.7 Å². The molecule has 0 spiro atoms.